The summed E-state index contributed by atoms with van der Waals surface area (Å²) in [6.45, 7) is 2.03. The zero-order chi connectivity index (χ0) is 12.3. The summed E-state index contributed by atoms with van der Waals surface area (Å²) in [5.41, 5.74) is 0.570. The van der Waals surface area contributed by atoms with Crippen LogP contribution in [0.3, 0.4) is 0 Å². The van der Waals surface area contributed by atoms with Crippen molar-refractivity contribution in [3.05, 3.63) is 46.0 Å². The summed E-state index contributed by atoms with van der Waals surface area (Å²) in [6, 6.07) is 3.10. The van der Waals surface area contributed by atoms with Crippen LogP contribution in [0.1, 0.15) is 11.3 Å². The maximum absolute atomic E-state index is 10.7. The average molecular weight is 234 g/mol. The van der Waals surface area contributed by atoms with Gasteiger partial charge in [-0.15, -0.1) is 0 Å². The minimum Gasteiger partial charge on any atom is -0.363 e. The highest BCUT2D eigenvalue weighted by Crippen LogP contribution is 2.20. The highest BCUT2D eigenvalue weighted by atomic mass is 16.6. The van der Waals surface area contributed by atoms with E-state index in [0.717, 1.165) is 0 Å². The highest BCUT2D eigenvalue weighted by Gasteiger charge is 2.11. The molecule has 0 spiro atoms. The fourth-order valence-electron chi connectivity index (χ4n) is 1.32. The normalized spacial score (nSPS) is 10.2. The van der Waals surface area contributed by atoms with E-state index < -0.39 is 4.92 Å². The zero-order valence-electron chi connectivity index (χ0n) is 9.08. The van der Waals surface area contributed by atoms with E-state index in [1.807, 2.05) is 0 Å². The molecule has 0 aliphatic heterocycles. The van der Waals surface area contributed by atoms with Crippen molar-refractivity contribution in [2.24, 2.45) is 0 Å². The Balaban J connectivity index is 2.11. The summed E-state index contributed by atoms with van der Waals surface area (Å²) in [6.07, 6.45) is 2.99. The van der Waals surface area contributed by atoms with Gasteiger partial charge in [0.15, 0.2) is 5.76 Å². The van der Waals surface area contributed by atoms with Gasteiger partial charge in [0.1, 0.15) is 5.82 Å². The van der Waals surface area contributed by atoms with Gasteiger partial charge in [0.2, 0.25) is 0 Å². The number of rotatable bonds is 4. The number of nitrogens with one attached hydrogen (secondary N) is 1. The van der Waals surface area contributed by atoms with Crippen molar-refractivity contribution in [3.63, 3.8) is 0 Å². The maximum atomic E-state index is 10.7. The van der Waals surface area contributed by atoms with E-state index in [1.165, 1.54) is 18.5 Å². The van der Waals surface area contributed by atoms with Gasteiger partial charge in [-0.3, -0.25) is 10.1 Å². The molecule has 7 heteroatoms. The first kappa shape index (κ1) is 11.1. The van der Waals surface area contributed by atoms with Gasteiger partial charge in [-0.2, -0.15) is 0 Å². The molecule has 0 atom stereocenters. The van der Waals surface area contributed by atoms with E-state index in [9.17, 15) is 10.1 Å². The predicted molar refractivity (Wildman–Crippen MR) is 59.5 cm³/mol. The summed E-state index contributed by atoms with van der Waals surface area (Å²) in [5, 5.41) is 17.2. The van der Waals surface area contributed by atoms with Gasteiger partial charge in [0.05, 0.1) is 23.7 Å². The third kappa shape index (κ3) is 2.57. The van der Waals surface area contributed by atoms with E-state index in [-0.39, 0.29) is 5.69 Å². The van der Waals surface area contributed by atoms with Crippen LogP contribution in [0.25, 0.3) is 0 Å². The van der Waals surface area contributed by atoms with Crippen LogP contribution in [0.2, 0.25) is 0 Å². The number of hydrogen-bond donors (Lipinski definition) is 1. The molecule has 88 valence electrons. The van der Waals surface area contributed by atoms with Crippen molar-refractivity contribution in [1.82, 2.24) is 10.1 Å². The summed E-state index contributed by atoms with van der Waals surface area (Å²) in [5.74, 6) is 1.06. The van der Waals surface area contributed by atoms with Crippen LogP contribution in [0, 0.1) is 17.0 Å². The Kier molecular flexibility index (Phi) is 2.99. The molecule has 7 nitrogen and oxygen atoms in total. The molecule has 0 saturated heterocycles. The lowest BCUT2D eigenvalue weighted by molar-refractivity contribution is -0.385. The first-order valence-electron chi connectivity index (χ1n) is 4.91. The number of nitrogens with zero attached hydrogens (tertiary/aromatic N) is 3. The summed E-state index contributed by atoms with van der Waals surface area (Å²) in [7, 11) is 0. The molecule has 0 saturated carbocycles. The van der Waals surface area contributed by atoms with E-state index in [0.29, 0.717) is 23.7 Å². The monoisotopic (exact) mass is 234 g/mol. The van der Waals surface area contributed by atoms with E-state index in [4.69, 9.17) is 4.52 Å². The molecular formula is C10H10N4O3. The number of hydrogen-bond acceptors (Lipinski definition) is 6. The van der Waals surface area contributed by atoms with Crippen molar-refractivity contribution in [2.45, 2.75) is 13.5 Å². The van der Waals surface area contributed by atoms with Gasteiger partial charge in [-0.1, -0.05) is 5.16 Å². The molecule has 0 fully saturated rings. The van der Waals surface area contributed by atoms with Gasteiger partial charge in [0.25, 0.3) is 5.69 Å². The quantitative estimate of drug-likeness (QED) is 0.641. The lowest BCUT2D eigenvalue weighted by atomic mass is 10.2. The Morgan fingerprint density at radius 1 is 1.59 bits per heavy atom. The Morgan fingerprint density at radius 3 is 3.06 bits per heavy atom. The average Bonchev–Trinajstić information content (AvgIpc) is 2.80. The summed E-state index contributed by atoms with van der Waals surface area (Å²) >= 11 is 0. The molecule has 0 bridgehead atoms. The number of nitro groups is 1. The standard InChI is InChI=1S/C10H10N4O3/c1-7-5-11-10(4-9(7)14(15)16)12-6-8-2-3-13-17-8/h2-5H,6H2,1H3,(H,11,12). The van der Waals surface area contributed by atoms with Crippen LogP contribution in [-0.4, -0.2) is 15.1 Å². The van der Waals surface area contributed by atoms with Crippen LogP contribution >= 0.6 is 0 Å². The van der Waals surface area contributed by atoms with Crippen LogP contribution in [0.4, 0.5) is 11.5 Å². The molecule has 0 aliphatic carbocycles. The van der Waals surface area contributed by atoms with Crippen LogP contribution in [-0.2, 0) is 6.54 Å². The van der Waals surface area contributed by atoms with Crippen molar-refractivity contribution in [1.29, 1.82) is 0 Å². The van der Waals surface area contributed by atoms with Gasteiger partial charge < -0.3 is 9.84 Å². The van der Waals surface area contributed by atoms with Gasteiger partial charge in [0, 0.05) is 17.8 Å². The molecule has 0 amide bonds. The van der Waals surface area contributed by atoms with E-state index >= 15 is 0 Å². The minimum atomic E-state index is -0.434. The third-order valence-electron chi connectivity index (χ3n) is 2.21. The van der Waals surface area contributed by atoms with Gasteiger partial charge >= 0.3 is 0 Å². The second kappa shape index (κ2) is 4.60. The summed E-state index contributed by atoms with van der Waals surface area (Å²) in [4.78, 5) is 14.3. The molecule has 2 aromatic rings. The second-order valence-corrected chi connectivity index (χ2v) is 3.45. The first-order chi connectivity index (χ1) is 8.16. The largest absolute Gasteiger partial charge is 0.363 e. The van der Waals surface area contributed by atoms with Crippen molar-refractivity contribution < 1.29 is 9.45 Å². The Hall–Kier alpha value is -2.44. The van der Waals surface area contributed by atoms with E-state index in [2.05, 4.69) is 15.5 Å². The number of aromatic nitrogens is 2. The number of pyridine rings is 1. The SMILES string of the molecule is Cc1cnc(NCc2ccno2)cc1[N+](=O)[O-]. The van der Waals surface area contributed by atoms with Crippen molar-refractivity contribution in [3.8, 4) is 0 Å². The molecule has 2 rings (SSSR count). The second-order valence-electron chi connectivity index (χ2n) is 3.45. The molecule has 2 heterocycles. The van der Waals surface area contributed by atoms with Crippen molar-refractivity contribution >= 4 is 11.5 Å². The van der Waals surface area contributed by atoms with Crippen molar-refractivity contribution in [2.75, 3.05) is 5.32 Å². The van der Waals surface area contributed by atoms with Crippen LogP contribution in [0.15, 0.2) is 29.0 Å². The Labute approximate surface area is 96.6 Å². The summed E-state index contributed by atoms with van der Waals surface area (Å²) < 4.78 is 4.88. The molecule has 17 heavy (non-hydrogen) atoms. The smallest absolute Gasteiger partial charge is 0.277 e. The molecule has 1 N–H and O–H groups in total. The highest BCUT2D eigenvalue weighted by molar-refractivity contribution is 5.48. The fraction of sp³-hybridized carbons (Fsp3) is 0.200. The first-order valence-corrected chi connectivity index (χ1v) is 4.91. The lowest BCUT2D eigenvalue weighted by Crippen LogP contribution is -2.02. The molecule has 0 aromatic carbocycles. The Bertz CT molecular complexity index is 524. The topological polar surface area (TPSA) is 94.1 Å². The van der Waals surface area contributed by atoms with E-state index in [1.54, 1.807) is 13.0 Å². The molecule has 0 unspecified atom stereocenters. The maximum Gasteiger partial charge on any atom is 0.277 e. The van der Waals surface area contributed by atoms with Crippen LogP contribution in [0.5, 0.6) is 0 Å². The lowest BCUT2D eigenvalue weighted by Gasteiger charge is -2.03. The van der Waals surface area contributed by atoms with Gasteiger partial charge in [-0.25, -0.2) is 4.98 Å². The molecule has 2 aromatic heterocycles. The number of aryl methyl sites for hydroxylation is 1. The molecule has 0 aliphatic rings. The third-order valence-corrected chi connectivity index (χ3v) is 2.21. The van der Waals surface area contributed by atoms with Gasteiger partial charge in [-0.05, 0) is 6.92 Å². The number of anilines is 1. The minimum absolute atomic E-state index is 0.0417. The Morgan fingerprint density at radius 2 is 2.41 bits per heavy atom. The fourth-order valence-corrected chi connectivity index (χ4v) is 1.32. The molecule has 0 radical (unpaired) electrons. The molecular weight excluding hydrogens is 224 g/mol. The van der Waals surface area contributed by atoms with Crippen LogP contribution < -0.4 is 5.32 Å². The predicted octanol–water partition coefficient (Wildman–Crippen LogP) is 1.90. The zero-order valence-corrected chi connectivity index (χ0v) is 9.08.